The number of nitrogens with zero attached hydrogens (tertiary/aromatic N) is 3. The Bertz CT molecular complexity index is 984. The van der Waals surface area contributed by atoms with Gasteiger partial charge in [0, 0.05) is 37.9 Å². The fourth-order valence-electron chi connectivity index (χ4n) is 3.63. The van der Waals surface area contributed by atoms with Gasteiger partial charge in [-0.05, 0) is 55.8 Å². The number of nitrogens with one attached hydrogen (secondary N) is 2. The van der Waals surface area contributed by atoms with Gasteiger partial charge in [-0.3, -0.25) is 9.69 Å². The summed E-state index contributed by atoms with van der Waals surface area (Å²) in [4.78, 5) is 14.8. The van der Waals surface area contributed by atoms with Gasteiger partial charge < -0.3 is 14.8 Å². The van der Waals surface area contributed by atoms with E-state index in [1.165, 1.54) is 0 Å². The highest BCUT2D eigenvalue weighted by Crippen LogP contribution is 2.16. The average molecular weight is 409 g/mol. The number of benzene rings is 2. The third-order valence-corrected chi connectivity index (χ3v) is 5.46. The van der Waals surface area contributed by atoms with Crippen molar-refractivity contribution in [2.24, 2.45) is 0 Å². The van der Waals surface area contributed by atoms with Crippen molar-refractivity contribution in [3.05, 3.63) is 53.6 Å². The number of aromatic amines is 1. The Kier molecular flexibility index (Phi) is 6.56. The molecule has 0 saturated carbocycles. The maximum atomic E-state index is 12.5. The minimum Gasteiger partial charge on any atom is -0.492 e. The van der Waals surface area contributed by atoms with Crippen LogP contribution in [-0.4, -0.2) is 65.7 Å². The van der Waals surface area contributed by atoms with E-state index in [9.17, 15) is 4.79 Å². The molecule has 0 spiro atoms. The van der Waals surface area contributed by atoms with E-state index in [2.05, 4.69) is 32.7 Å². The second-order valence-electron chi connectivity index (χ2n) is 7.53. The SMILES string of the molecule is CN(CCOc1cccc(CNC(=O)c2ccc3n[nH]nc3c2)c1)C1CCOCC1. The van der Waals surface area contributed by atoms with E-state index < -0.39 is 0 Å². The van der Waals surface area contributed by atoms with Crippen LogP contribution in [0, 0.1) is 0 Å². The lowest BCUT2D eigenvalue weighted by molar-refractivity contribution is 0.0392. The van der Waals surface area contributed by atoms with Crippen molar-refractivity contribution in [1.82, 2.24) is 25.6 Å². The summed E-state index contributed by atoms with van der Waals surface area (Å²) in [6.45, 7) is 3.61. The first-order valence-electron chi connectivity index (χ1n) is 10.3. The molecule has 2 aromatic carbocycles. The highest BCUT2D eigenvalue weighted by molar-refractivity contribution is 5.97. The van der Waals surface area contributed by atoms with Gasteiger partial charge >= 0.3 is 0 Å². The van der Waals surface area contributed by atoms with Gasteiger partial charge in [0.2, 0.25) is 0 Å². The molecular formula is C22H27N5O3. The standard InChI is InChI=1S/C22H27N5O3/c1-27(18-7-10-29-11-8-18)9-12-30-19-4-2-3-16(13-19)15-23-22(28)17-5-6-20-21(14-17)25-26-24-20/h2-6,13-14,18H,7-12,15H2,1H3,(H,23,28)(H,24,25,26). The van der Waals surface area contributed by atoms with Crippen molar-refractivity contribution in [3.63, 3.8) is 0 Å². The van der Waals surface area contributed by atoms with Crippen molar-refractivity contribution < 1.29 is 14.3 Å². The third-order valence-electron chi connectivity index (χ3n) is 5.46. The quantitative estimate of drug-likeness (QED) is 0.593. The number of rotatable bonds is 8. The molecule has 2 N–H and O–H groups in total. The molecule has 1 fully saturated rings. The predicted molar refractivity (Wildman–Crippen MR) is 113 cm³/mol. The number of likely N-dealkylation sites (N-methyl/N-ethyl adjacent to an activating group) is 1. The normalized spacial score (nSPS) is 14.9. The van der Waals surface area contributed by atoms with E-state index in [0.29, 0.717) is 30.3 Å². The van der Waals surface area contributed by atoms with E-state index in [1.54, 1.807) is 18.2 Å². The van der Waals surface area contributed by atoms with Crippen LogP contribution in [-0.2, 0) is 11.3 Å². The zero-order valence-electron chi connectivity index (χ0n) is 17.1. The van der Waals surface area contributed by atoms with Crippen LogP contribution in [0.15, 0.2) is 42.5 Å². The molecule has 0 unspecified atom stereocenters. The molecule has 0 bridgehead atoms. The van der Waals surface area contributed by atoms with Gasteiger partial charge in [0.05, 0.1) is 0 Å². The molecule has 0 radical (unpaired) electrons. The summed E-state index contributed by atoms with van der Waals surface area (Å²) in [7, 11) is 2.14. The Morgan fingerprint density at radius 2 is 2.03 bits per heavy atom. The summed E-state index contributed by atoms with van der Waals surface area (Å²) >= 11 is 0. The summed E-state index contributed by atoms with van der Waals surface area (Å²) in [6, 6.07) is 13.6. The molecular weight excluding hydrogens is 382 g/mol. The smallest absolute Gasteiger partial charge is 0.251 e. The van der Waals surface area contributed by atoms with Gasteiger partial charge in [-0.1, -0.05) is 12.1 Å². The molecule has 1 aromatic heterocycles. The van der Waals surface area contributed by atoms with Crippen LogP contribution in [0.3, 0.4) is 0 Å². The first kappa shape index (κ1) is 20.3. The largest absolute Gasteiger partial charge is 0.492 e. The van der Waals surface area contributed by atoms with Gasteiger partial charge in [0.15, 0.2) is 0 Å². The molecule has 2 heterocycles. The fraction of sp³-hybridized carbons (Fsp3) is 0.409. The molecule has 8 nitrogen and oxygen atoms in total. The summed E-state index contributed by atoms with van der Waals surface area (Å²) in [5, 5.41) is 13.5. The van der Waals surface area contributed by atoms with Gasteiger partial charge in [-0.15, -0.1) is 0 Å². The Hall–Kier alpha value is -2.97. The number of H-pyrrole nitrogens is 1. The van der Waals surface area contributed by atoms with Crippen LogP contribution in [0.4, 0.5) is 0 Å². The highest BCUT2D eigenvalue weighted by atomic mass is 16.5. The van der Waals surface area contributed by atoms with Crippen LogP contribution >= 0.6 is 0 Å². The van der Waals surface area contributed by atoms with Crippen molar-refractivity contribution in [2.75, 3.05) is 33.4 Å². The van der Waals surface area contributed by atoms with Crippen molar-refractivity contribution in [3.8, 4) is 5.75 Å². The molecule has 158 valence electrons. The second kappa shape index (κ2) is 9.69. The average Bonchev–Trinajstić information content (AvgIpc) is 3.26. The minimum absolute atomic E-state index is 0.149. The van der Waals surface area contributed by atoms with Gasteiger partial charge in [0.25, 0.3) is 5.91 Å². The monoisotopic (exact) mass is 409 g/mol. The zero-order chi connectivity index (χ0) is 20.8. The maximum absolute atomic E-state index is 12.5. The van der Waals surface area contributed by atoms with Crippen molar-refractivity contribution >= 4 is 16.9 Å². The first-order valence-corrected chi connectivity index (χ1v) is 10.3. The third kappa shape index (κ3) is 5.14. The fourth-order valence-corrected chi connectivity index (χ4v) is 3.63. The predicted octanol–water partition coefficient (Wildman–Crippen LogP) is 2.38. The minimum atomic E-state index is -0.149. The van der Waals surface area contributed by atoms with Crippen molar-refractivity contribution in [2.45, 2.75) is 25.4 Å². The van der Waals surface area contributed by atoms with Crippen LogP contribution in [0.25, 0.3) is 11.0 Å². The van der Waals surface area contributed by atoms with Crippen LogP contribution < -0.4 is 10.1 Å². The molecule has 1 amide bonds. The van der Waals surface area contributed by atoms with Gasteiger partial charge in [-0.25, -0.2) is 0 Å². The number of carbonyl (C=O) groups is 1. The summed E-state index contributed by atoms with van der Waals surface area (Å²) in [6.07, 6.45) is 2.16. The lowest BCUT2D eigenvalue weighted by atomic mass is 10.1. The zero-order valence-corrected chi connectivity index (χ0v) is 17.1. The summed E-state index contributed by atoms with van der Waals surface area (Å²) in [5.74, 6) is 0.662. The Morgan fingerprint density at radius 1 is 1.20 bits per heavy atom. The Balaban J connectivity index is 1.26. The second-order valence-corrected chi connectivity index (χ2v) is 7.53. The molecule has 0 aliphatic carbocycles. The summed E-state index contributed by atoms with van der Waals surface area (Å²) < 4.78 is 11.4. The topological polar surface area (TPSA) is 92.4 Å². The number of aromatic nitrogens is 3. The van der Waals surface area contributed by atoms with E-state index in [-0.39, 0.29) is 5.91 Å². The number of hydrogen-bond donors (Lipinski definition) is 2. The lowest BCUT2D eigenvalue weighted by Crippen LogP contribution is -2.38. The van der Waals surface area contributed by atoms with E-state index >= 15 is 0 Å². The molecule has 1 aliphatic heterocycles. The number of fused-ring (bicyclic) bond motifs is 1. The van der Waals surface area contributed by atoms with E-state index in [4.69, 9.17) is 9.47 Å². The first-order chi connectivity index (χ1) is 14.7. The molecule has 1 saturated heterocycles. The highest BCUT2D eigenvalue weighted by Gasteiger charge is 2.18. The Labute approximate surface area is 175 Å². The molecule has 30 heavy (non-hydrogen) atoms. The van der Waals surface area contributed by atoms with Crippen LogP contribution in [0.2, 0.25) is 0 Å². The maximum Gasteiger partial charge on any atom is 0.251 e. The van der Waals surface area contributed by atoms with Crippen molar-refractivity contribution in [1.29, 1.82) is 0 Å². The molecule has 4 rings (SSSR count). The van der Waals surface area contributed by atoms with Crippen LogP contribution in [0.1, 0.15) is 28.8 Å². The van der Waals surface area contributed by atoms with E-state index in [0.717, 1.165) is 49.4 Å². The molecule has 3 aromatic rings. The van der Waals surface area contributed by atoms with Gasteiger partial charge in [-0.2, -0.15) is 15.4 Å². The molecule has 0 atom stereocenters. The number of carbonyl (C=O) groups excluding carboxylic acids is 1. The van der Waals surface area contributed by atoms with Gasteiger partial charge in [0.1, 0.15) is 23.4 Å². The lowest BCUT2D eigenvalue weighted by Gasteiger charge is -2.31. The van der Waals surface area contributed by atoms with E-state index in [1.807, 2.05) is 24.3 Å². The summed E-state index contributed by atoms with van der Waals surface area (Å²) in [5.41, 5.74) is 2.95. The number of hydrogen-bond acceptors (Lipinski definition) is 6. The van der Waals surface area contributed by atoms with Crippen LogP contribution in [0.5, 0.6) is 5.75 Å². The number of ether oxygens (including phenoxy) is 2. The Morgan fingerprint density at radius 3 is 2.90 bits per heavy atom. The molecule has 1 aliphatic rings. The molecule has 8 heteroatoms. The number of amides is 1.